The largest absolute Gasteiger partial charge is 0.370 e. The molecule has 1 aromatic heterocycles. The molecule has 0 N–H and O–H groups in total. The summed E-state index contributed by atoms with van der Waals surface area (Å²) in [5.74, 6) is -0.473. The van der Waals surface area contributed by atoms with Gasteiger partial charge in [-0.3, -0.25) is 9.78 Å². The van der Waals surface area contributed by atoms with Crippen LogP contribution in [0.5, 0.6) is 0 Å². The molecular weight excluding hydrogens is 197 g/mol. The summed E-state index contributed by atoms with van der Waals surface area (Å²) in [4.78, 5) is 15.5. The molecular formula is C11H12FNO2. The van der Waals surface area contributed by atoms with Crippen molar-refractivity contribution in [3.8, 4) is 0 Å². The van der Waals surface area contributed by atoms with Crippen molar-refractivity contribution < 1.29 is 13.9 Å². The van der Waals surface area contributed by atoms with Crippen LogP contribution in [0.1, 0.15) is 23.7 Å². The number of hydrogen-bond acceptors (Lipinski definition) is 3. The Kier molecular flexibility index (Phi) is 2.77. The van der Waals surface area contributed by atoms with Crippen LogP contribution in [0.25, 0.3) is 0 Å². The van der Waals surface area contributed by atoms with Crippen molar-refractivity contribution in [3.63, 3.8) is 0 Å². The molecule has 0 aromatic carbocycles. The fourth-order valence-corrected chi connectivity index (χ4v) is 1.74. The number of ether oxygens (including phenoxy) is 1. The van der Waals surface area contributed by atoms with E-state index in [0.717, 1.165) is 12.6 Å². The lowest BCUT2D eigenvalue weighted by atomic mass is 9.97. The quantitative estimate of drug-likeness (QED) is 0.697. The van der Waals surface area contributed by atoms with Crippen LogP contribution in [-0.4, -0.2) is 23.5 Å². The minimum Gasteiger partial charge on any atom is -0.370 e. The lowest BCUT2D eigenvalue weighted by Gasteiger charge is -2.12. The van der Waals surface area contributed by atoms with E-state index < -0.39 is 11.9 Å². The summed E-state index contributed by atoms with van der Waals surface area (Å²) >= 11 is 0. The highest BCUT2D eigenvalue weighted by Crippen LogP contribution is 2.23. The number of halogens is 1. The molecule has 1 fully saturated rings. The molecule has 0 amide bonds. The van der Waals surface area contributed by atoms with Crippen LogP contribution in [0.15, 0.2) is 18.5 Å². The summed E-state index contributed by atoms with van der Waals surface area (Å²) in [5, 5.41) is 0. The third-order valence-electron chi connectivity index (χ3n) is 2.64. The average Bonchev–Trinajstić information content (AvgIpc) is 2.63. The molecule has 2 heterocycles. The third kappa shape index (κ3) is 2.04. The maximum atomic E-state index is 12.9. The Bertz CT molecular complexity index is 381. The van der Waals surface area contributed by atoms with Crippen molar-refractivity contribution in [2.24, 2.45) is 5.92 Å². The number of ketones is 1. The van der Waals surface area contributed by atoms with Crippen LogP contribution in [0.2, 0.25) is 0 Å². The number of carbonyl (C=O) groups is 1. The molecule has 0 spiro atoms. The zero-order valence-electron chi connectivity index (χ0n) is 8.44. The number of nitrogens with zero attached hydrogens (tertiary/aromatic N) is 1. The Labute approximate surface area is 87.3 Å². The number of aromatic nitrogens is 1. The number of hydrogen-bond donors (Lipinski definition) is 0. The number of Topliss-reactive ketones (excluding diaryl/α,β-unsaturated/α-hetero) is 1. The van der Waals surface area contributed by atoms with E-state index in [0.29, 0.717) is 6.61 Å². The fourth-order valence-electron chi connectivity index (χ4n) is 1.74. The van der Waals surface area contributed by atoms with E-state index in [1.807, 2.05) is 6.92 Å². The molecule has 0 radical (unpaired) electrons. The predicted octanol–water partition coefficient (Wildman–Crippen LogP) is 1.83. The van der Waals surface area contributed by atoms with Crippen LogP contribution in [0.4, 0.5) is 4.39 Å². The molecule has 3 nitrogen and oxygen atoms in total. The smallest absolute Gasteiger partial charge is 0.193 e. The van der Waals surface area contributed by atoms with Gasteiger partial charge in [0, 0.05) is 18.4 Å². The zero-order chi connectivity index (χ0) is 10.8. The Hall–Kier alpha value is -1.29. The molecule has 1 aliphatic heterocycles. The molecule has 4 heteroatoms. The van der Waals surface area contributed by atoms with Crippen molar-refractivity contribution in [2.45, 2.75) is 19.4 Å². The minimum atomic E-state index is -0.494. The van der Waals surface area contributed by atoms with Crippen LogP contribution >= 0.6 is 0 Å². The van der Waals surface area contributed by atoms with Gasteiger partial charge in [-0.2, -0.15) is 0 Å². The first kappa shape index (κ1) is 10.2. The highest BCUT2D eigenvalue weighted by Gasteiger charge is 2.31. The van der Waals surface area contributed by atoms with Gasteiger partial charge in [-0.15, -0.1) is 0 Å². The summed E-state index contributed by atoms with van der Waals surface area (Å²) in [7, 11) is 0. The van der Waals surface area contributed by atoms with Crippen molar-refractivity contribution >= 4 is 5.78 Å². The molecule has 1 aromatic rings. The van der Waals surface area contributed by atoms with E-state index in [-0.39, 0.29) is 17.3 Å². The van der Waals surface area contributed by atoms with Gasteiger partial charge in [0.25, 0.3) is 0 Å². The van der Waals surface area contributed by atoms with Crippen molar-refractivity contribution in [3.05, 3.63) is 29.8 Å². The first-order chi connectivity index (χ1) is 7.18. The van der Waals surface area contributed by atoms with Crippen LogP contribution in [0.3, 0.4) is 0 Å². The van der Waals surface area contributed by atoms with E-state index in [9.17, 15) is 9.18 Å². The van der Waals surface area contributed by atoms with Crippen LogP contribution in [-0.2, 0) is 4.74 Å². The first-order valence-corrected chi connectivity index (χ1v) is 4.95. The van der Waals surface area contributed by atoms with E-state index in [4.69, 9.17) is 4.74 Å². The van der Waals surface area contributed by atoms with Gasteiger partial charge < -0.3 is 4.74 Å². The second kappa shape index (κ2) is 4.06. The standard InChI is InChI=1S/C11H12FNO2/c1-7-2-3-15-11(7)10(14)8-4-9(12)6-13-5-8/h4-7,11H,2-3H2,1H3. The summed E-state index contributed by atoms with van der Waals surface area (Å²) in [6, 6.07) is 1.20. The third-order valence-corrected chi connectivity index (χ3v) is 2.64. The molecule has 0 bridgehead atoms. The second-order valence-corrected chi connectivity index (χ2v) is 3.81. The predicted molar refractivity (Wildman–Crippen MR) is 52.0 cm³/mol. The lowest BCUT2D eigenvalue weighted by molar-refractivity contribution is 0.0578. The van der Waals surface area contributed by atoms with Crippen LogP contribution in [0, 0.1) is 11.7 Å². The lowest BCUT2D eigenvalue weighted by Crippen LogP contribution is -2.25. The minimum absolute atomic E-state index is 0.174. The normalized spacial score (nSPS) is 25.5. The van der Waals surface area contributed by atoms with Gasteiger partial charge in [0.15, 0.2) is 5.78 Å². The highest BCUT2D eigenvalue weighted by atomic mass is 19.1. The molecule has 80 valence electrons. The maximum absolute atomic E-state index is 12.9. The Morgan fingerprint density at radius 3 is 3.00 bits per heavy atom. The fraction of sp³-hybridized carbons (Fsp3) is 0.455. The number of rotatable bonds is 2. The van der Waals surface area contributed by atoms with Crippen molar-refractivity contribution in [1.29, 1.82) is 0 Å². The van der Waals surface area contributed by atoms with E-state index >= 15 is 0 Å². The molecule has 2 unspecified atom stereocenters. The summed E-state index contributed by atoms with van der Waals surface area (Å²) < 4.78 is 18.2. The molecule has 2 rings (SSSR count). The van der Waals surface area contributed by atoms with Crippen LogP contribution < -0.4 is 0 Å². The Morgan fingerprint density at radius 2 is 2.40 bits per heavy atom. The molecule has 0 aliphatic carbocycles. The summed E-state index contributed by atoms with van der Waals surface area (Å²) in [5.41, 5.74) is 0.286. The SMILES string of the molecule is CC1CCOC1C(=O)c1cncc(F)c1. The van der Waals surface area contributed by atoms with Gasteiger partial charge in [0.1, 0.15) is 11.9 Å². The topological polar surface area (TPSA) is 39.2 Å². The van der Waals surface area contributed by atoms with E-state index in [1.165, 1.54) is 12.3 Å². The average molecular weight is 209 g/mol. The van der Waals surface area contributed by atoms with Gasteiger partial charge in [-0.05, 0) is 18.4 Å². The number of pyridine rings is 1. The molecule has 1 saturated heterocycles. The molecule has 2 atom stereocenters. The van der Waals surface area contributed by atoms with Gasteiger partial charge in [0.2, 0.25) is 0 Å². The van der Waals surface area contributed by atoms with Crippen molar-refractivity contribution in [2.75, 3.05) is 6.61 Å². The summed E-state index contributed by atoms with van der Waals surface area (Å²) in [6.07, 6.45) is 2.89. The van der Waals surface area contributed by atoms with Gasteiger partial charge >= 0.3 is 0 Å². The molecule has 0 saturated carbocycles. The Morgan fingerprint density at radius 1 is 1.60 bits per heavy atom. The Balaban J connectivity index is 2.20. The van der Waals surface area contributed by atoms with E-state index in [2.05, 4.69) is 4.98 Å². The molecule has 1 aliphatic rings. The number of carbonyl (C=O) groups excluding carboxylic acids is 1. The first-order valence-electron chi connectivity index (χ1n) is 4.95. The molecule has 15 heavy (non-hydrogen) atoms. The maximum Gasteiger partial charge on any atom is 0.193 e. The van der Waals surface area contributed by atoms with Crippen molar-refractivity contribution in [1.82, 2.24) is 4.98 Å². The summed E-state index contributed by atoms with van der Waals surface area (Å²) in [6.45, 7) is 2.56. The monoisotopic (exact) mass is 209 g/mol. The van der Waals surface area contributed by atoms with E-state index in [1.54, 1.807) is 0 Å². The highest BCUT2D eigenvalue weighted by molar-refractivity contribution is 5.99. The van der Waals surface area contributed by atoms with Gasteiger partial charge in [-0.1, -0.05) is 6.92 Å². The zero-order valence-corrected chi connectivity index (χ0v) is 8.44. The second-order valence-electron chi connectivity index (χ2n) is 3.81. The van der Waals surface area contributed by atoms with Gasteiger partial charge in [-0.25, -0.2) is 4.39 Å². The van der Waals surface area contributed by atoms with Gasteiger partial charge in [0.05, 0.1) is 6.20 Å².